The summed E-state index contributed by atoms with van der Waals surface area (Å²) in [5.74, 6) is -2.26. The number of fused-ring (bicyclic) bond motifs is 1. The van der Waals surface area contributed by atoms with Crippen LogP contribution in [0.4, 0.5) is 8.78 Å². The lowest BCUT2D eigenvalue weighted by atomic mass is 10.0. The van der Waals surface area contributed by atoms with Crippen LogP contribution in [0.3, 0.4) is 0 Å². The molecule has 32 heavy (non-hydrogen) atoms. The molecule has 0 bridgehead atoms. The van der Waals surface area contributed by atoms with Crippen molar-refractivity contribution in [3.63, 3.8) is 0 Å². The maximum atomic E-state index is 14.2. The molecule has 2 aromatic heterocycles. The molecule has 0 aliphatic rings. The van der Waals surface area contributed by atoms with Crippen molar-refractivity contribution in [2.45, 2.75) is 25.9 Å². The molecule has 0 spiro atoms. The standard InChI is InChI=1S/C24H19F2N5O/c1-14(2)31-23-19(13-28-31)18(11-21(29-23)15-6-4-3-5-7-15)24(32)30-22(12-27)17-9-8-16(25)10-20(17)26/h3-11,13-14,22H,1-2H3,(H,30,32). The lowest BCUT2D eigenvalue weighted by Crippen LogP contribution is -2.28. The molecule has 0 aliphatic heterocycles. The van der Waals surface area contributed by atoms with E-state index in [0.717, 1.165) is 17.7 Å². The van der Waals surface area contributed by atoms with Crippen LogP contribution in [-0.4, -0.2) is 20.7 Å². The first kappa shape index (κ1) is 21.1. The first-order valence-corrected chi connectivity index (χ1v) is 9.98. The predicted octanol–water partition coefficient (Wildman–Crippen LogP) is 4.95. The van der Waals surface area contributed by atoms with Gasteiger partial charge in [0, 0.05) is 23.2 Å². The maximum Gasteiger partial charge on any atom is 0.253 e. The predicted molar refractivity (Wildman–Crippen MR) is 116 cm³/mol. The summed E-state index contributed by atoms with van der Waals surface area (Å²) in [6, 6.07) is 14.4. The fourth-order valence-electron chi connectivity index (χ4n) is 3.46. The Morgan fingerprint density at radius 3 is 2.53 bits per heavy atom. The van der Waals surface area contributed by atoms with E-state index >= 15 is 0 Å². The molecule has 2 aromatic carbocycles. The fourth-order valence-corrected chi connectivity index (χ4v) is 3.46. The van der Waals surface area contributed by atoms with Crippen LogP contribution >= 0.6 is 0 Å². The molecule has 0 saturated carbocycles. The first-order chi connectivity index (χ1) is 15.4. The monoisotopic (exact) mass is 431 g/mol. The SMILES string of the molecule is CC(C)n1ncc2c(C(=O)NC(C#N)c3ccc(F)cc3F)cc(-c3ccccc3)nc21. The van der Waals surface area contributed by atoms with E-state index in [-0.39, 0.29) is 17.2 Å². The Kier molecular flexibility index (Phi) is 5.65. The molecular weight excluding hydrogens is 412 g/mol. The zero-order chi connectivity index (χ0) is 22.8. The van der Waals surface area contributed by atoms with Crippen molar-refractivity contribution in [2.75, 3.05) is 0 Å². The number of aromatic nitrogens is 3. The number of nitriles is 1. The average molecular weight is 431 g/mol. The third kappa shape index (κ3) is 3.93. The second-order valence-electron chi connectivity index (χ2n) is 7.54. The van der Waals surface area contributed by atoms with E-state index in [1.54, 1.807) is 16.9 Å². The highest BCUT2D eigenvalue weighted by Crippen LogP contribution is 2.27. The van der Waals surface area contributed by atoms with E-state index in [9.17, 15) is 18.8 Å². The van der Waals surface area contributed by atoms with E-state index < -0.39 is 23.6 Å². The van der Waals surface area contributed by atoms with Crippen molar-refractivity contribution >= 4 is 16.9 Å². The van der Waals surface area contributed by atoms with Gasteiger partial charge in [0.05, 0.1) is 28.9 Å². The third-order valence-corrected chi connectivity index (χ3v) is 5.05. The Labute approximate surface area is 183 Å². The van der Waals surface area contributed by atoms with Crippen LogP contribution in [-0.2, 0) is 0 Å². The Balaban J connectivity index is 1.80. The Bertz CT molecular complexity index is 1340. The summed E-state index contributed by atoms with van der Waals surface area (Å²) >= 11 is 0. The summed E-state index contributed by atoms with van der Waals surface area (Å²) in [7, 11) is 0. The van der Waals surface area contributed by atoms with E-state index in [1.807, 2.05) is 50.2 Å². The Hall–Kier alpha value is -4.12. The second-order valence-corrected chi connectivity index (χ2v) is 7.54. The number of pyridine rings is 1. The average Bonchev–Trinajstić information content (AvgIpc) is 3.22. The van der Waals surface area contributed by atoms with Gasteiger partial charge in [-0.2, -0.15) is 10.4 Å². The van der Waals surface area contributed by atoms with Gasteiger partial charge in [0.25, 0.3) is 5.91 Å². The molecule has 160 valence electrons. The summed E-state index contributed by atoms with van der Waals surface area (Å²) in [6.45, 7) is 3.90. The van der Waals surface area contributed by atoms with Gasteiger partial charge < -0.3 is 5.32 Å². The topological polar surface area (TPSA) is 83.6 Å². The second kappa shape index (κ2) is 8.55. The molecule has 0 saturated heterocycles. The minimum absolute atomic E-state index is 0.00195. The van der Waals surface area contributed by atoms with Crippen LogP contribution in [0.1, 0.15) is 41.9 Å². The van der Waals surface area contributed by atoms with Gasteiger partial charge in [-0.15, -0.1) is 0 Å². The van der Waals surface area contributed by atoms with Crippen LogP contribution in [0.15, 0.2) is 60.8 Å². The molecule has 1 unspecified atom stereocenters. The zero-order valence-electron chi connectivity index (χ0n) is 17.4. The number of rotatable bonds is 5. The van der Waals surface area contributed by atoms with Crippen molar-refractivity contribution in [1.29, 1.82) is 5.26 Å². The van der Waals surface area contributed by atoms with E-state index in [1.165, 1.54) is 0 Å². The van der Waals surface area contributed by atoms with Crippen molar-refractivity contribution < 1.29 is 13.6 Å². The van der Waals surface area contributed by atoms with Crippen LogP contribution in [0.5, 0.6) is 0 Å². The van der Waals surface area contributed by atoms with Gasteiger partial charge in [0.1, 0.15) is 17.7 Å². The highest BCUT2D eigenvalue weighted by molar-refractivity contribution is 6.06. The zero-order valence-corrected chi connectivity index (χ0v) is 17.4. The molecule has 0 radical (unpaired) electrons. The highest BCUT2D eigenvalue weighted by atomic mass is 19.1. The quantitative estimate of drug-likeness (QED) is 0.485. The van der Waals surface area contributed by atoms with Crippen molar-refractivity contribution in [3.8, 4) is 17.3 Å². The van der Waals surface area contributed by atoms with Crippen LogP contribution < -0.4 is 5.32 Å². The van der Waals surface area contributed by atoms with Gasteiger partial charge in [0.2, 0.25) is 0 Å². The Morgan fingerprint density at radius 1 is 1.12 bits per heavy atom. The fraction of sp³-hybridized carbons (Fsp3) is 0.167. The number of nitrogens with one attached hydrogen (secondary N) is 1. The van der Waals surface area contributed by atoms with Crippen molar-refractivity contribution in [1.82, 2.24) is 20.1 Å². The molecule has 8 heteroatoms. The molecule has 1 atom stereocenters. The normalized spacial score (nSPS) is 12.0. The third-order valence-electron chi connectivity index (χ3n) is 5.05. The van der Waals surface area contributed by atoms with Gasteiger partial charge >= 0.3 is 0 Å². The van der Waals surface area contributed by atoms with E-state index in [2.05, 4.69) is 10.4 Å². The van der Waals surface area contributed by atoms with Gasteiger partial charge in [0.15, 0.2) is 5.65 Å². The minimum Gasteiger partial charge on any atom is -0.332 e. The van der Waals surface area contributed by atoms with Gasteiger partial charge in [-0.25, -0.2) is 18.4 Å². The number of nitrogens with zero attached hydrogens (tertiary/aromatic N) is 4. The number of benzene rings is 2. The van der Waals surface area contributed by atoms with Gasteiger partial charge in [-0.05, 0) is 26.0 Å². The molecule has 0 fully saturated rings. The minimum atomic E-state index is -1.30. The van der Waals surface area contributed by atoms with Gasteiger partial charge in [-0.3, -0.25) is 4.79 Å². The smallest absolute Gasteiger partial charge is 0.253 e. The number of hydrogen-bond acceptors (Lipinski definition) is 4. The molecule has 4 rings (SSSR count). The molecule has 0 aliphatic carbocycles. The number of halogens is 2. The number of carbonyl (C=O) groups excluding carboxylic acids is 1. The summed E-state index contributed by atoms with van der Waals surface area (Å²) in [5, 5.41) is 16.9. The largest absolute Gasteiger partial charge is 0.332 e. The molecular formula is C24H19F2N5O. The Morgan fingerprint density at radius 2 is 1.88 bits per heavy atom. The summed E-state index contributed by atoms with van der Waals surface area (Å²) in [6.07, 6.45) is 1.55. The number of hydrogen-bond donors (Lipinski definition) is 1. The summed E-state index contributed by atoms with van der Waals surface area (Å²) < 4.78 is 29.2. The molecule has 6 nitrogen and oxygen atoms in total. The van der Waals surface area contributed by atoms with Crippen LogP contribution in [0, 0.1) is 23.0 Å². The molecule has 1 amide bonds. The highest BCUT2D eigenvalue weighted by Gasteiger charge is 2.23. The molecule has 4 aromatic rings. The van der Waals surface area contributed by atoms with Crippen LogP contribution in [0.2, 0.25) is 0 Å². The summed E-state index contributed by atoms with van der Waals surface area (Å²) in [4.78, 5) is 17.9. The van der Waals surface area contributed by atoms with Crippen molar-refractivity contribution in [3.05, 3.63) is 83.6 Å². The number of amides is 1. The molecule has 1 N–H and O–H groups in total. The lowest BCUT2D eigenvalue weighted by Gasteiger charge is -2.14. The molecule has 2 heterocycles. The first-order valence-electron chi connectivity index (χ1n) is 9.98. The van der Waals surface area contributed by atoms with Crippen LogP contribution in [0.25, 0.3) is 22.3 Å². The maximum absolute atomic E-state index is 14.2. The summed E-state index contributed by atoms with van der Waals surface area (Å²) in [5.41, 5.74) is 2.03. The van der Waals surface area contributed by atoms with E-state index in [4.69, 9.17) is 4.98 Å². The van der Waals surface area contributed by atoms with Crippen molar-refractivity contribution in [2.24, 2.45) is 0 Å². The lowest BCUT2D eigenvalue weighted by molar-refractivity contribution is 0.0946. The van der Waals surface area contributed by atoms with Gasteiger partial charge in [-0.1, -0.05) is 36.4 Å². The van der Waals surface area contributed by atoms with E-state index in [0.29, 0.717) is 22.8 Å². The number of carbonyl (C=O) groups is 1.